The van der Waals surface area contributed by atoms with Crippen LogP contribution in [0.4, 0.5) is 0 Å². The molecule has 1 aliphatic carbocycles. The second-order valence-electron chi connectivity index (χ2n) is 4.93. The first-order chi connectivity index (χ1) is 9.79. The van der Waals surface area contributed by atoms with Crippen molar-refractivity contribution in [3.63, 3.8) is 0 Å². The highest BCUT2D eigenvalue weighted by atomic mass is 16.5. The minimum absolute atomic E-state index is 0.0485. The molecule has 0 aliphatic heterocycles. The van der Waals surface area contributed by atoms with E-state index >= 15 is 0 Å². The van der Waals surface area contributed by atoms with E-state index in [4.69, 9.17) is 9.15 Å². The lowest BCUT2D eigenvalue weighted by Crippen LogP contribution is -2.19. The lowest BCUT2D eigenvalue weighted by Gasteiger charge is -2.14. The zero-order valence-corrected chi connectivity index (χ0v) is 11.3. The summed E-state index contributed by atoms with van der Waals surface area (Å²) in [5.41, 5.74) is 2.32. The van der Waals surface area contributed by atoms with Crippen molar-refractivity contribution >= 4 is 11.5 Å². The van der Waals surface area contributed by atoms with Crippen LogP contribution in [-0.4, -0.2) is 13.1 Å². The van der Waals surface area contributed by atoms with E-state index in [1.165, 1.54) is 12.7 Å². The van der Waals surface area contributed by atoms with Crippen LogP contribution in [0.25, 0.3) is 5.57 Å². The van der Waals surface area contributed by atoms with Gasteiger partial charge in [-0.05, 0) is 29.7 Å². The number of furan rings is 1. The lowest BCUT2D eigenvalue weighted by atomic mass is 9.93. The fraction of sp³-hybridized carbons (Fsp3) is 0.235. The van der Waals surface area contributed by atoms with Crippen LogP contribution >= 0.6 is 0 Å². The van der Waals surface area contributed by atoms with Crippen LogP contribution in [0.1, 0.15) is 23.7 Å². The summed E-state index contributed by atoms with van der Waals surface area (Å²) >= 11 is 0. The molecule has 2 atom stereocenters. The summed E-state index contributed by atoms with van der Waals surface area (Å²) in [6.45, 7) is 0. The van der Waals surface area contributed by atoms with Crippen molar-refractivity contribution in [2.75, 3.05) is 7.11 Å². The van der Waals surface area contributed by atoms with Crippen molar-refractivity contribution in [3.8, 4) is 0 Å². The van der Waals surface area contributed by atoms with Crippen LogP contribution in [0, 0.1) is 5.92 Å². The summed E-state index contributed by atoms with van der Waals surface area (Å²) in [4.78, 5) is 12.0. The number of benzene rings is 1. The molecule has 2 aromatic rings. The first-order valence-corrected chi connectivity index (χ1v) is 6.67. The Labute approximate surface area is 117 Å². The van der Waals surface area contributed by atoms with E-state index in [1.54, 1.807) is 6.26 Å². The number of esters is 1. The van der Waals surface area contributed by atoms with Gasteiger partial charge in [0.25, 0.3) is 0 Å². The van der Waals surface area contributed by atoms with Crippen molar-refractivity contribution in [1.82, 2.24) is 0 Å². The monoisotopic (exact) mass is 268 g/mol. The molecule has 3 rings (SSSR count). The van der Waals surface area contributed by atoms with E-state index in [0.29, 0.717) is 6.42 Å². The zero-order chi connectivity index (χ0) is 13.9. The Morgan fingerprint density at radius 2 is 2.00 bits per heavy atom. The normalized spacial score (nSPS) is 21.6. The molecule has 0 unspecified atom stereocenters. The molecule has 0 radical (unpaired) electrons. The van der Waals surface area contributed by atoms with E-state index in [1.807, 2.05) is 30.3 Å². The molecule has 102 valence electrons. The average molecular weight is 268 g/mol. The molecule has 0 saturated carbocycles. The molecule has 1 aliphatic rings. The Balaban J connectivity index is 1.95. The Hall–Kier alpha value is -2.29. The van der Waals surface area contributed by atoms with E-state index in [9.17, 15) is 4.79 Å². The summed E-state index contributed by atoms with van der Waals surface area (Å²) in [7, 11) is 1.43. The van der Waals surface area contributed by atoms with Gasteiger partial charge in [0.05, 0.1) is 19.3 Å². The quantitative estimate of drug-likeness (QED) is 0.798. The van der Waals surface area contributed by atoms with Crippen LogP contribution in [0.2, 0.25) is 0 Å². The number of carbonyl (C=O) groups is 1. The second kappa shape index (κ2) is 5.37. The van der Waals surface area contributed by atoms with E-state index in [-0.39, 0.29) is 17.8 Å². The summed E-state index contributed by atoms with van der Waals surface area (Å²) in [6.07, 6.45) is 4.44. The maximum Gasteiger partial charge on any atom is 0.310 e. The average Bonchev–Trinajstić information content (AvgIpc) is 3.16. The molecule has 1 heterocycles. The molecule has 3 nitrogen and oxygen atoms in total. The molecular weight excluding hydrogens is 252 g/mol. The van der Waals surface area contributed by atoms with Gasteiger partial charge in [0.1, 0.15) is 5.76 Å². The smallest absolute Gasteiger partial charge is 0.310 e. The third-order valence-electron chi connectivity index (χ3n) is 3.77. The van der Waals surface area contributed by atoms with Crippen molar-refractivity contribution in [2.45, 2.75) is 12.3 Å². The summed E-state index contributed by atoms with van der Waals surface area (Å²) in [6, 6.07) is 13.9. The fourth-order valence-electron chi connectivity index (χ4n) is 2.77. The zero-order valence-electron chi connectivity index (χ0n) is 11.3. The highest BCUT2D eigenvalue weighted by Crippen LogP contribution is 2.42. The molecule has 0 N–H and O–H groups in total. The maximum absolute atomic E-state index is 12.0. The Morgan fingerprint density at radius 3 is 2.65 bits per heavy atom. The predicted octanol–water partition coefficient (Wildman–Crippen LogP) is 3.64. The van der Waals surface area contributed by atoms with Gasteiger partial charge in [-0.1, -0.05) is 36.4 Å². The number of rotatable bonds is 3. The van der Waals surface area contributed by atoms with Crippen molar-refractivity contribution in [2.24, 2.45) is 5.92 Å². The number of hydrogen-bond donors (Lipinski definition) is 0. The third-order valence-corrected chi connectivity index (χ3v) is 3.77. The standard InChI is InChI=1S/C17H16O3/c1-19-17(18)15-11-13(12-6-3-2-4-7-12)10-14(15)16-8-5-9-20-16/h2-10,14-15H,11H2,1H3/t14-,15+/m0/s1. The van der Waals surface area contributed by atoms with E-state index in [0.717, 1.165) is 11.3 Å². The molecule has 20 heavy (non-hydrogen) atoms. The number of ether oxygens (including phenoxy) is 1. The Morgan fingerprint density at radius 1 is 1.20 bits per heavy atom. The van der Waals surface area contributed by atoms with E-state index in [2.05, 4.69) is 18.2 Å². The minimum atomic E-state index is -0.207. The maximum atomic E-state index is 12.0. The number of hydrogen-bond acceptors (Lipinski definition) is 3. The third kappa shape index (κ3) is 2.27. The van der Waals surface area contributed by atoms with Crippen molar-refractivity contribution in [1.29, 1.82) is 0 Å². The molecule has 0 amide bonds. The van der Waals surface area contributed by atoms with Crippen molar-refractivity contribution in [3.05, 3.63) is 66.1 Å². The molecule has 3 heteroatoms. The number of methoxy groups -OCH3 is 1. The Kier molecular flexibility index (Phi) is 3.42. The molecule has 0 saturated heterocycles. The molecule has 0 spiro atoms. The summed E-state index contributed by atoms with van der Waals surface area (Å²) < 4.78 is 10.4. The van der Waals surface area contributed by atoms with Gasteiger partial charge < -0.3 is 9.15 Å². The molecule has 0 bridgehead atoms. The number of carbonyl (C=O) groups excluding carboxylic acids is 1. The van der Waals surface area contributed by atoms with Crippen LogP contribution in [0.3, 0.4) is 0 Å². The second-order valence-corrected chi connectivity index (χ2v) is 4.93. The van der Waals surface area contributed by atoms with Gasteiger partial charge in [0, 0.05) is 5.92 Å². The largest absolute Gasteiger partial charge is 0.469 e. The predicted molar refractivity (Wildman–Crippen MR) is 76.0 cm³/mol. The minimum Gasteiger partial charge on any atom is -0.469 e. The topological polar surface area (TPSA) is 39.4 Å². The van der Waals surface area contributed by atoms with Gasteiger partial charge >= 0.3 is 5.97 Å². The van der Waals surface area contributed by atoms with Gasteiger partial charge in [-0.25, -0.2) is 0 Å². The first kappa shape index (κ1) is 12.7. The van der Waals surface area contributed by atoms with E-state index < -0.39 is 0 Å². The van der Waals surface area contributed by atoms with Gasteiger partial charge in [0.15, 0.2) is 0 Å². The SMILES string of the molecule is COC(=O)[C@@H]1CC(c2ccccc2)=C[C@@H]1c1ccco1. The van der Waals surface area contributed by atoms with Gasteiger partial charge in [-0.15, -0.1) is 0 Å². The highest BCUT2D eigenvalue weighted by molar-refractivity contribution is 5.81. The summed E-state index contributed by atoms with van der Waals surface area (Å²) in [5, 5.41) is 0. The van der Waals surface area contributed by atoms with Gasteiger partial charge in [-0.3, -0.25) is 4.79 Å². The van der Waals surface area contributed by atoms with Gasteiger partial charge in [0.2, 0.25) is 0 Å². The lowest BCUT2D eigenvalue weighted by molar-refractivity contribution is -0.145. The fourth-order valence-corrected chi connectivity index (χ4v) is 2.77. The number of allylic oxidation sites excluding steroid dienone is 2. The van der Waals surface area contributed by atoms with Crippen molar-refractivity contribution < 1.29 is 13.9 Å². The molecule has 1 aromatic carbocycles. The molecule has 1 aromatic heterocycles. The van der Waals surface area contributed by atoms with Gasteiger partial charge in [-0.2, -0.15) is 0 Å². The highest BCUT2D eigenvalue weighted by Gasteiger charge is 2.36. The first-order valence-electron chi connectivity index (χ1n) is 6.67. The molecular formula is C17H16O3. The summed E-state index contributed by atoms with van der Waals surface area (Å²) in [5.74, 6) is 0.369. The van der Waals surface area contributed by atoms with Crippen LogP contribution in [0.15, 0.2) is 59.2 Å². The molecule has 0 fully saturated rings. The van der Waals surface area contributed by atoms with Crippen LogP contribution in [0.5, 0.6) is 0 Å². The Bertz CT molecular complexity index is 611. The van der Waals surface area contributed by atoms with Crippen LogP contribution in [-0.2, 0) is 9.53 Å². The van der Waals surface area contributed by atoms with Crippen LogP contribution < -0.4 is 0 Å².